The highest BCUT2D eigenvalue weighted by atomic mass is 16.5. The SMILES string of the molecule is CC(C)NC1CCOC(C)C1O.COc1cccc2c1C(=O)c1c(O)c3c(c(O)c1C2=O)CC(O)(C(=O)CO)CC3O. The number of benzene rings is 2. The Bertz CT molecular complexity index is 1400. The zero-order chi connectivity index (χ0) is 31.1. The number of aliphatic hydroxyl groups excluding tert-OH is 3. The van der Waals surface area contributed by atoms with Gasteiger partial charge in [0.25, 0.3) is 0 Å². The lowest BCUT2D eigenvalue weighted by Gasteiger charge is -2.36. The number of Topliss-reactive ketones (excluding diaryl/α,β-unsaturated/α-hetero) is 1. The first kappa shape index (κ1) is 31.5. The number of ether oxygens (including phenoxy) is 2. The van der Waals surface area contributed by atoms with Crippen LogP contribution in [0.15, 0.2) is 18.2 Å². The summed E-state index contributed by atoms with van der Waals surface area (Å²) in [4.78, 5) is 38.3. The number of methoxy groups -OCH3 is 1. The lowest BCUT2D eigenvalue weighted by atomic mass is 9.72. The fourth-order valence-corrected chi connectivity index (χ4v) is 5.89. The topological polar surface area (TPSA) is 203 Å². The molecule has 1 aliphatic heterocycles. The Balaban J connectivity index is 0.000000283. The molecule has 5 unspecified atom stereocenters. The van der Waals surface area contributed by atoms with Crippen molar-refractivity contribution in [3.8, 4) is 17.2 Å². The first-order chi connectivity index (χ1) is 19.8. The lowest BCUT2D eigenvalue weighted by molar-refractivity contribution is -0.145. The van der Waals surface area contributed by atoms with Gasteiger partial charge in [0.2, 0.25) is 5.78 Å². The minimum Gasteiger partial charge on any atom is -0.507 e. The number of fused-ring (bicyclic) bond motifs is 3. The maximum absolute atomic E-state index is 13.2. The van der Waals surface area contributed by atoms with Crippen molar-refractivity contribution in [2.75, 3.05) is 20.3 Å². The number of aliphatic hydroxyl groups is 4. The maximum Gasteiger partial charge on any atom is 0.202 e. The number of aromatic hydroxyl groups is 2. The van der Waals surface area contributed by atoms with Crippen molar-refractivity contribution < 1.29 is 54.5 Å². The van der Waals surface area contributed by atoms with Crippen LogP contribution >= 0.6 is 0 Å². The summed E-state index contributed by atoms with van der Waals surface area (Å²) >= 11 is 0. The van der Waals surface area contributed by atoms with Gasteiger partial charge in [0.15, 0.2) is 11.6 Å². The predicted molar refractivity (Wildman–Crippen MR) is 148 cm³/mol. The summed E-state index contributed by atoms with van der Waals surface area (Å²) in [6.45, 7) is 5.85. The smallest absolute Gasteiger partial charge is 0.202 e. The minimum absolute atomic E-state index is 0.0324. The molecule has 0 amide bonds. The number of rotatable bonds is 5. The summed E-state index contributed by atoms with van der Waals surface area (Å²) in [6, 6.07) is 4.96. The summed E-state index contributed by atoms with van der Waals surface area (Å²) < 4.78 is 10.5. The van der Waals surface area contributed by atoms with Crippen molar-refractivity contribution in [1.82, 2.24) is 5.32 Å². The molecule has 228 valence electrons. The number of hydrogen-bond donors (Lipinski definition) is 7. The largest absolute Gasteiger partial charge is 0.507 e. The highest BCUT2D eigenvalue weighted by molar-refractivity contribution is 6.31. The Morgan fingerprint density at radius 1 is 1.12 bits per heavy atom. The summed E-state index contributed by atoms with van der Waals surface area (Å²) in [5, 5.41) is 64.9. The summed E-state index contributed by atoms with van der Waals surface area (Å²) in [5.41, 5.74) is -3.77. The van der Waals surface area contributed by atoms with Crippen LogP contribution < -0.4 is 10.1 Å². The minimum atomic E-state index is -2.21. The van der Waals surface area contributed by atoms with Crippen LogP contribution in [-0.4, -0.2) is 98.2 Å². The van der Waals surface area contributed by atoms with Gasteiger partial charge in [0.05, 0.1) is 42.1 Å². The van der Waals surface area contributed by atoms with Gasteiger partial charge in [-0.1, -0.05) is 26.0 Å². The molecule has 5 rings (SSSR count). The molecule has 1 heterocycles. The zero-order valence-electron chi connectivity index (χ0n) is 23.9. The van der Waals surface area contributed by atoms with E-state index in [1.165, 1.54) is 25.3 Å². The van der Waals surface area contributed by atoms with Crippen LogP contribution in [0.5, 0.6) is 17.2 Å². The number of phenolic OH excluding ortho intramolecular Hbond substituents is 2. The van der Waals surface area contributed by atoms with E-state index in [1.54, 1.807) is 0 Å². The van der Waals surface area contributed by atoms with Crippen LogP contribution in [-0.2, 0) is 16.0 Å². The molecule has 5 atom stereocenters. The third kappa shape index (κ3) is 5.41. The molecule has 1 saturated heterocycles. The summed E-state index contributed by atoms with van der Waals surface area (Å²) in [6.07, 6.45) is -2.24. The maximum atomic E-state index is 13.2. The van der Waals surface area contributed by atoms with Gasteiger partial charge in [0.1, 0.15) is 29.5 Å². The average molecular weight is 588 g/mol. The number of ketones is 3. The highest BCUT2D eigenvalue weighted by Gasteiger charge is 2.48. The molecule has 2 aliphatic carbocycles. The van der Waals surface area contributed by atoms with Crippen molar-refractivity contribution in [1.29, 1.82) is 0 Å². The second-order valence-corrected chi connectivity index (χ2v) is 11.2. The molecule has 0 bridgehead atoms. The second-order valence-electron chi connectivity index (χ2n) is 11.2. The second kappa shape index (κ2) is 12.1. The third-order valence-electron chi connectivity index (χ3n) is 8.01. The molecule has 12 nitrogen and oxygen atoms in total. The number of nitrogens with one attached hydrogen (secondary N) is 1. The molecule has 0 saturated carbocycles. The molecule has 7 N–H and O–H groups in total. The number of hydrogen-bond acceptors (Lipinski definition) is 12. The molecular weight excluding hydrogens is 550 g/mol. The van der Waals surface area contributed by atoms with Gasteiger partial charge in [-0.15, -0.1) is 0 Å². The van der Waals surface area contributed by atoms with Gasteiger partial charge in [-0.05, 0) is 19.4 Å². The molecule has 0 spiro atoms. The van der Waals surface area contributed by atoms with E-state index < -0.39 is 71.1 Å². The summed E-state index contributed by atoms with van der Waals surface area (Å²) in [7, 11) is 1.32. The monoisotopic (exact) mass is 587 g/mol. The van der Waals surface area contributed by atoms with E-state index in [9.17, 15) is 39.9 Å². The van der Waals surface area contributed by atoms with Crippen molar-refractivity contribution in [2.24, 2.45) is 0 Å². The quantitative estimate of drug-likeness (QED) is 0.206. The van der Waals surface area contributed by atoms with Crippen LogP contribution in [0.3, 0.4) is 0 Å². The van der Waals surface area contributed by atoms with Crippen LogP contribution in [0.25, 0.3) is 0 Å². The molecule has 0 radical (unpaired) electrons. The van der Waals surface area contributed by atoms with Gasteiger partial charge in [-0.25, -0.2) is 0 Å². The van der Waals surface area contributed by atoms with Gasteiger partial charge in [-0.2, -0.15) is 0 Å². The molecule has 42 heavy (non-hydrogen) atoms. The Morgan fingerprint density at radius 3 is 2.40 bits per heavy atom. The Morgan fingerprint density at radius 2 is 1.79 bits per heavy atom. The molecule has 2 aromatic carbocycles. The standard InChI is InChI=1S/C21H18O9.C9H19NO2/c1-30-11-4-2-3-8-14(11)20(28)16-15(17(8)25)18(26)9-5-21(29,12(24)7-22)6-10(23)13(9)19(16)27;1-6(2)10-8-4-5-12-7(3)9(8)11/h2-4,10,22-23,26-27,29H,5-7H2,1H3;6-11H,4-5H2,1-3H3. The lowest BCUT2D eigenvalue weighted by Crippen LogP contribution is -2.52. The fraction of sp³-hybridized carbons (Fsp3) is 0.500. The number of carbonyl (C=O) groups is 3. The van der Waals surface area contributed by atoms with Crippen molar-refractivity contribution in [3.05, 3.63) is 51.6 Å². The Labute approximate surface area is 242 Å². The Kier molecular flexibility index (Phi) is 9.07. The van der Waals surface area contributed by atoms with Crippen LogP contribution in [0.4, 0.5) is 0 Å². The van der Waals surface area contributed by atoms with Gasteiger partial charge in [0, 0.05) is 48.2 Å². The normalized spacial score (nSPS) is 26.5. The van der Waals surface area contributed by atoms with Crippen LogP contribution in [0.1, 0.15) is 82.7 Å². The van der Waals surface area contributed by atoms with Gasteiger partial charge >= 0.3 is 0 Å². The third-order valence-corrected chi connectivity index (χ3v) is 8.01. The van der Waals surface area contributed by atoms with Crippen LogP contribution in [0, 0.1) is 0 Å². The fourth-order valence-electron chi connectivity index (χ4n) is 5.89. The van der Waals surface area contributed by atoms with E-state index in [4.69, 9.17) is 14.6 Å². The molecule has 12 heteroatoms. The van der Waals surface area contributed by atoms with Crippen LogP contribution in [0.2, 0.25) is 0 Å². The van der Waals surface area contributed by atoms with E-state index in [0.717, 1.165) is 13.0 Å². The van der Waals surface area contributed by atoms with E-state index in [-0.39, 0.29) is 46.3 Å². The summed E-state index contributed by atoms with van der Waals surface area (Å²) in [5.74, 6) is -3.83. The zero-order valence-corrected chi connectivity index (χ0v) is 23.9. The first-order valence-electron chi connectivity index (χ1n) is 13.7. The van der Waals surface area contributed by atoms with E-state index in [2.05, 4.69) is 19.2 Å². The van der Waals surface area contributed by atoms with Gasteiger partial charge in [-0.3, -0.25) is 14.4 Å². The molecule has 0 aromatic heterocycles. The highest BCUT2D eigenvalue weighted by Crippen LogP contribution is 2.50. The molecule has 2 aromatic rings. The van der Waals surface area contributed by atoms with Crippen molar-refractivity contribution in [3.63, 3.8) is 0 Å². The average Bonchev–Trinajstić information content (AvgIpc) is 2.94. The predicted octanol–water partition coefficient (Wildman–Crippen LogP) is 0.677. The number of carbonyl (C=O) groups excluding carboxylic acids is 3. The molecule has 3 aliphatic rings. The Hall–Kier alpha value is -3.39. The molecular formula is C30H37NO11. The number of phenols is 2. The van der Waals surface area contributed by atoms with Crippen molar-refractivity contribution >= 4 is 17.3 Å². The molecule has 1 fully saturated rings. The van der Waals surface area contributed by atoms with E-state index in [0.29, 0.717) is 6.04 Å². The van der Waals surface area contributed by atoms with Gasteiger partial charge < -0.3 is 45.4 Å². The first-order valence-corrected chi connectivity index (χ1v) is 13.7. The van der Waals surface area contributed by atoms with E-state index in [1.807, 2.05) is 6.92 Å². The van der Waals surface area contributed by atoms with Crippen molar-refractivity contribution in [2.45, 2.75) is 76.0 Å². The van der Waals surface area contributed by atoms with E-state index >= 15 is 0 Å².